The van der Waals surface area contributed by atoms with E-state index in [-0.39, 0.29) is 6.61 Å². The third kappa shape index (κ3) is 2.90. The zero-order chi connectivity index (χ0) is 14.9. The van der Waals surface area contributed by atoms with E-state index in [2.05, 4.69) is 0 Å². The first kappa shape index (κ1) is 15.5. The zero-order valence-corrected chi connectivity index (χ0v) is 13.2. The van der Waals surface area contributed by atoms with Gasteiger partial charge in [0.25, 0.3) is 0 Å². The smallest absolute Gasteiger partial charge is 0.243 e. The van der Waals surface area contributed by atoms with Gasteiger partial charge in [-0.05, 0) is 55.4 Å². The second-order valence-corrected chi connectivity index (χ2v) is 7.80. The topological polar surface area (TPSA) is 57.6 Å². The summed E-state index contributed by atoms with van der Waals surface area (Å²) in [6, 6.07) is 3.44. The first-order valence-electron chi connectivity index (χ1n) is 7.03. The number of aryl methyl sites for hydroxylation is 2. The Bertz CT molecular complexity index is 591. The predicted molar refractivity (Wildman–Crippen MR) is 79.0 cm³/mol. The average molecular weight is 297 g/mol. The van der Waals surface area contributed by atoms with E-state index in [9.17, 15) is 13.5 Å². The Morgan fingerprint density at radius 3 is 2.40 bits per heavy atom. The van der Waals surface area contributed by atoms with Crippen LogP contribution < -0.4 is 0 Å². The van der Waals surface area contributed by atoms with Crippen molar-refractivity contribution in [2.75, 3.05) is 13.6 Å². The van der Waals surface area contributed by atoms with Gasteiger partial charge in [-0.25, -0.2) is 12.7 Å². The van der Waals surface area contributed by atoms with Crippen LogP contribution in [0.1, 0.15) is 36.0 Å². The third-order valence-electron chi connectivity index (χ3n) is 4.23. The summed E-state index contributed by atoms with van der Waals surface area (Å²) in [5.74, 6) is 0.498. The zero-order valence-electron chi connectivity index (χ0n) is 12.4. The standard InChI is InChI=1S/C15H23NO3S/c1-11-7-12(2)15(8-14(11)10-17)20(18,19)16(3)9-13-5-4-6-13/h7-8,13,17H,4-6,9-10H2,1-3H3. The third-order valence-corrected chi connectivity index (χ3v) is 6.20. The van der Waals surface area contributed by atoms with Crippen LogP contribution >= 0.6 is 0 Å². The molecule has 0 spiro atoms. The van der Waals surface area contributed by atoms with Crippen LogP contribution in [0.25, 0.3) is 0 Å². The van der Waals surface area contributed by atoms with E-state index in [0.29, 0.717) is 22.9 Å². The van der Waals surface area contributed by atoms with Gasteiger partial charge in [-0.2, -0.15) is 0 Å². The summed E-state index contributed by atoms with van der Waals surface area (Å²) in [6.45, 7) is 4.14. The molecule has 1 aromatic carbocycles. The first-order chi connectivity index (χ1) is 9.36. The van der Waals surface area contributed by atoms with Gasteiger partial charge in [0.1, 0.15) is 0 Å². The summed E-state index contributed by atoms with van der Waals surface area (Å²) in [5, 5.41) is 9.32. The maximum absolute atomic E-state index is 12.7. The van der Waals surface area contributed by atoms with Gasteiger partial charge >= 0.3 is 0 Å². The van der Waals surface area contributed by atoms with Crippen molar-refractivity contribution in [3.05, 3.63) is 28.8 Å². The lowest BCUT2D eigenvalue weighted by Crippen LogP contribution is -2.34. The van der Waals surface area contributed by atoms with Crippen molar-refractivity contribution in [2.24, 2.45) is 5.92 Å². The minimum absolute atomic E-state index is 0.138. The Labute approximate surface area is 121 Å². The largest absolute Gasteiger partial charge is 0.392 e. The molecule has 112 valence electrons. The molecular formula is C15H23NO3S. The van der Waals surface area contributed by atoms with E-state index in [1.807, 2.05) is 13.0 Å². The molecule has 0 bridgehead atoms. The molecular weight excluding hydrogens is 274 g/mol. The van der Waals surface area contributed by atoms with Crippen molar-refractivity contribution in [3.8, 4) is 0 Å². The number of hydrogen-bond donors (Lipinski definition) is 1. The van der Waals surface area contributed by atoms with E-state index in [0.717, 1.165) is 24.0 Å². The Morgan fingerprint density at radius 2 is 1.90 bits per heavy atom. The summed E-state index contributed by atoms with van der Waals surface area (Å²) in [7, 11) is -1.82. The molecule has 0 aromatic heterocycles. The van der Waals surface area contributed by atoms with Crippen LogP contribution in [-0.2, 0) is 16.6 Å². The maximum atomic E-state index is 12.7. The summed E-state index contributed by atoms with van der Waals surface area (Å²) >= 11 is 0. The van der Waals surface area contributed by atoms with Gasteiger partial charge in [0.15, 0.2) is 0 Å². The summed E-state index contributed by atoms with van der Waals surface area (Å²) in [5.41, 5.74) is 2.33. The fraction of sp³-hybridized carbons (Fsp3) is 0.600. The second-order valence-electron chi connectivity index (χ2n) is 5.78. The highest BCUT2D eigenvalue weighted by Gasteiger charge is 2.28. The fourth-order valence-electron chi connectivity index (χ4n) is 2.63. The van der Waals surface area contributed by atoms with E-state index < -0.39 is 10.0 Å². The SMILES string of the molecule is Cc1cc(C)c(S(=O)(=O)N(C)CC2CCC2)cc1CO. The summed E-state index contributed by atoms with van der Waals surface area (Å²) in [4.78, 5) is 0.314. The molecule has 1 aliphatic carbocycles. The molecule has 1 saturated carbocycles. The Kier molecular flexibility index (Phi) is 4.52. The number of nitrogens with zero attached hydrogens (tertiary/aromatic N) is 1. The average Bonchev–Trinajstić information content (AvgIpc) is 2.33. The Hall–Kier alpha value is -0.910. The highest BCUT2D eigenvalue weighted by molar-refractivity contribution is 7.89. The summed E-state index contributed by atoms with van der Waals surface area (Å²) in [6.07, 6.45) is 3.44. The Balaban J connectivity index is 2.32. The van der Waals surface area contributed by atoms with Crippen molar-refractivity contribution in [1.29, 1.82) is 0 Å². The molecule has 0 aliphatic heterocycles. The molecule has 1 aromatic rings. The lowest BCUT2D eigenvalue weighted by molar-refractivity contribution is 0.262. The number of hydrogen-bond acceptors (Lipinski definition) is 3. The Morgan fingerprint density at radius 1 is 1.25 bits per heavy atom. The van der Waals surface area contributed by atoms with Crippen molar-refractivity contribution >= 4 is 10.0 Å². The predicted octanol–water partition coefficient (Wildman–Crippen LogP) is 2.22. The molecule has 0 saturated heterocycles. The number of sulfonamides is 1. The molecule has 4 nitrogen and oxygen atoms in total. The van der Waals surface area contributed by atoms with Crippen molar-refractivity contribution in [3.63, 3.8) is 0 Å². The van der Waals surface area contributed by atoms with Crippen LogP contribution in [0, 0.1) is 19.8 Å². The molecule has 5 heteroatoms. The molecule has 0 heterocycles. The normalized spacial score (nSPS) is 16.4. The van der Waals surface area contributed by atoms with E-state index in [1.54, 1.807) is 20.0 Å². The molecule has 1 aliphatic rings. The molecule has 2 rings (SSSR count). The van der Waals surface area contributed by atoms with Gasteiger partial charge in [-0.3, -0.25) is 0 Å². The van der Waals surface area contributed by atoms with E-state index in [4.69, 9.17) is 0 Å². The molecule has 1 fully saturated rings. The van der Waals surface area contributed by atoms with E-state index >= 15 is 0 Å². The van der Waals surface area contributed by atoms with Gasteiger partial charge in [-0.1, -0.05) is 12.5 Å². The van der Waals surface area contributed by atoms with Gasteiger partial charge in [0.05, 0.1) is 11.5 Å². The van der Waals surface area contributed by atoms with Crippen LogP contribution in [0.15, 0.2) is 17.0 Å². The van der Waals surface area contributed by atoms with E-state index in [1.165, 1.54) is 10.7 Å². The molecule has 0 atom stereocenters. The molecule has 20 heavy (non-hydrogen) atoms. The van der Waals surface area contributed by atoms with Crippen LogP contribution in [-0.4, -0.2) is 31.4 Å². The van der Waals surface area contributed by atoms with Crippen LogP contribution in [0.5, 0.6) is 0 Å². The van der Waals surface area contributed by atoms with Crippen LogP contribution in [0.2, 0.25) is 0 Å². The molecule has 0 amide bonds. The minimum atomic E-state index is -3.47. The lowest BCUT2D eigenvalue weighted by Gasteiger charge is -2.30. The minimum Gasteiger partial charge on any atom is -0.392 e. The van der Waals surface area contributed by atoms with Gasteiger partial charge < -0.3 is 5.11 Å². The summed E-state index contributed by atoms with van der Waals surface area (Å²) < 4.78 is 26.8. The number of rotatable bonds is 5. The second kappa shape index (κ2) is 5.84. The van der Waals surface area contributed by atoms with Crippen molar-refractivity contribution in [2.45, 2.75) is 44.6 Å². The van der Waals surface area contributed by atoms with Crippen LogP contribution in [0.4, 0.5) is 0 Å². The molecule has 0 radical (unpaired) electrons. The first-order valence-corrected chi connectivity index (χ1v) is 8.47. The van der Waals surface area contributed by atoms with Crippen molar-refractivity contribution < 1.29 is 13.5 Å². The monoisotopic (exact) mass is 297 g/mol. The van der Waals surface area contributed by atoms with Gasteiger partial charge in [0, 0.05) is 13.6 Å². The quantitative estimate of drug-likeness (QED) is 0.906. The van der Waals surface area contributed by atoms with Gasteiger partial charge in [0.2, 0.25) is 10.0 Å². The van der Waals surface area contributed by atoms with Crippen LogP contribution in [0.3, 0.4) is 0 Å². The van der Waals surface area contributed by atoms with Gasteiger partial charge in [-0.15, -0.1) is 0 Å². The lowest BCUT2D eigenvalue weighted by atomic mass is 9.86. The number of benzene rings is 1. The highest BCUT2D eigenvalue weighted by atomic mass is 32.2. The molecule has 0 unspecified atom stereocenters. The van der Waals surface area contributed by atoms with Crippen molar-refractivity contribution in [1.82, 2.24) is 4.31 Å². The highest BCUT2D eigenvalue weighted by Crippen LogP contribution is 2.29. The maximum Gasteiger partial charge on any atom is 0.243 e. The molecule has 1 N–H and O–H groups in total. The fourth-order valence-corrected chi connectivity index (χ4v) is 4.13. The number of aliphatic hydroxyl groups excluding tert-OH is 1. The number of aliphatic hydroxyl groups is 1.